The van der Waals surface area contributed by atoms with Crippen LogP contribution in [0.3, 0.4) is 0 Å². The van der Waals surface area contributed by atoms with Crippen molar-refractivity contribution in [2.75, 3.05) is 26.7 Å². The summed E-state index contributed by atoms with van der Waals surface area (Å²) in [6.45, 7) is 4.29. The van der Waals surface area contributed by atoms with E-state index in [1.54, 1.807) is 43.1 Å². The molecule has 0 bridgehead atoms. The molecule has 1 aromatic rings. The van der Waals surface area contributed by atoms with Crippen LogP contribution in [0.15, 0.2) is 24.3 Å². The van der Waals surface area contributed by atoms with Crippen LogP contribution in [0.2, 0.25) is 0 Å². The number of benzene rings is 1. The average molecular weight is 319 g/mol. The molecule has 2 N–H and O–H groups in total. The second-order valence-corrected chi connectivity index (χ2v) is 6.16. The van der Waals surface area contributed by atoms with Crippen LogP contribution in [0.4, 0.5) is 4.79 Å². The van der Waals surface area contributed by atoms with Gasteiger partial charge in [0.25, 0.3) is 0 Å². The van der Waals surface area contributed by atoms with Crippen molar-refractivity contribution in [1.29, 1.82) is 0 Å². The highest BCUT2D eigenvalue weighted by atomic mass is 16.3. The molecule has 23 heavy (non-hydrogen) atoms. The van der Waals surface area contributed by atoms with Crippen molar-refractivity contribution in [2.45, 2.75) is 26.3 Å². The summed E-state index contributed by atoms with van der Waals surface area (Å²) in [6, 6.07) is 6.73. The van der Waals surface area contributed by atoms with Gasteiger partial charge in [0, 0.05) is 40.2 Å². The van der Waals surface area contributed by atoms with Gasteiger partial charge in [0.1, 0.15) is 5.75 Å². The maximum Gasteiger partial charge on any atom is 0.317 e. The quantitative estimate of drug-likeness (QED) is 0.889. The summed E-state index contributed by atoms with van der Waals surface area (Å²) in [5, 5.41) is 12.2. The Labute approximate surface area is 137 Å². The molecule has 1 aromatic carbocycles. The van der Waals surface area contributed by atoms with Crippen LogP contribution in [0.5, 0.6) is 5.75 Å². The first-order chi connectivity index (χ1) is 11.0. The van der Waals surface area contributed by atoms with Gasteiger partial charge in [0.15, 0.2) is 0 Å². The molecular formula is C17H25N3O3. The zero-order valence-electron chi connectivity index (χ0n) is 13.8. The lowest BCUT2D eigenvalue weighted by molar-refractivity contribution is -0.130. The number of nitrogens with zero attached hydrogens (tertiary/aromatic N) is 2. The molecule has 1 fully saturated rings. The van der Waals surface area contributed by atoms with Crippen LogP contribution < -0.4 is 5.32 Å². The standard InChI is InChI=1S/C17H25N3O3/c1-13(21)20-9-7-14(8-10-20)11-18-17(23)19(2)12-15-3-5-16(22)6-4-15/h3-6,14,22H,7-12H2,1-2H3,(H,18,23). The zero-order chi connectivity index (χ0) is 16.8. The van der Waals surface area contributed by atoms with Gasteiger partial charge >= 0.3 is 6.03 Å². The molecule has 2 rings (SSSR count). The van der Waals surface area contributed by atoms with E-state index in [-0.39, 0.29) is 17.7 Å². The molecule has 1 heterocycles. The van der Waals surface area contributed by atoms with Crippen LogP contribution in [0.25, 0.3) is 0 Å². The lowest BCUT2D eigenvalue weighted by Gasteiger charge is -2.31. The van der Waals surface area contributed by atoms with E-state index in [4.69, 9.17) is 0 Å². The van der Waals surface area contributed by atoms with Gasteiger partial charge in [-0.05, 0) is 36.5 Å². The van der Waals surface area contributed by atoms with Gasteiger partial charge in [-0.3, -0.25) is 4.79 Å². The van der Waals surface area contributed by atoms with Gasteiger partial charge in [-0.2, -0.15) is 0 Å². The summed E-state index contributed by atoms with van der Waals surface area (Å²) < 4.78 is 0. The number of nitrogens with one attached hydrogen (secondary N) is 1. The lowest BCUT2D eigenvalue weighted by atomic mass is 9.97. The molecule has 0 atom stereocenters. The zero-order valence-corrected chi connectivity index (χ0v) is 13.8. The third kappa shape index (κ3) is 5.16. The molecule has 1 saturated heterocycles. The number of amides is 3. The molecule has 0 spiro atoms. The number of hydrogen-bond acceptors (Lipinski definition) is 3. The molecule has 126 valence electrons. The molecule has 0 unspecified atom stereocenters. The van der Waals surface area contributed by atoms with Gasteiger partial charge in [-0.15, -0.1) is 0 Å². The molecule has 3 amide bonds. The Morgan fingerprint density at radius 3 is 2.43 bits per heavy atom. The van der Waals surface area contributed by atoms with E-state index in [0.29, 0.717) is 19.0 Å². The SMILES string of the molecule is CC(=O)N1CCC(CNC(=O)N(C)Cc2ccc(O)cc2)CC1. The van der Waals surface area contributed by atoms with E-state index in [1.807, 2.05) is 4.90 Å². The smallest absolute Gasteiger partial charge is 0.317 e. The number of phenolic OH excluding ortho intramolecular Hbond substituents is 1. The van der Waals surface area contributed by atoms with Gasteiger partial charge in [-0.1, -0.05) is 12.1 Å². The molecular weight excluding hydrogens is 294 g/mol. The number of urea groups is 1. The van der Waals surface area contributed by atoms with Gasteiger partial charge in [-0.25, -0.2) is 4.79 Å². The summed E-state index contributed by atoms with van der Waals surface area (Å²) in [5.41, 5.74) is 0.968. The predicted octanol–water partition coefficient (Wildman–Crippen LogP) is 1.79. The Morgan fingerprint density at radius 2 is 1.87 bits per heavy atom. The number of phenols is 1. The Kier molecular flexibility index (Phi) is 5.84. The van der Waals surface area contributed by atoms with Gasteiger partial charge < -0.3 is 20.2 Å². The van der Waals surface area contributed by atoms with E-state index in [0.717, 1.165) is 31.5 Å². The monoisotopic (exact) mass is 319 g/mol. The minimum atomic E-state index is -0.105. The van der Waals surface area contributed by atoms with Crippen LogP contribution in [0.1, 0.15) is 25.3 Å². The molecule has 0 aliphatic carbocycles. The fraction of sp³-hybridized carbons (Fsp3) is 0.529. The summed E-state index contributed by atoms with van der Waals surface area (Å²) >= 11 is 0. The van der Waals surface area contributed by atoms with Crippen LogP contribution in [0, 0.1) is 5.92 Å². The summed E-state index contributed by atoms with van der Waals surface area (Å²) in [4.78, 5) is 26.9. The molecule has 0 aromatic heterocycles. The number of rotatable bonds is 4. The largest absolute Gasteiger partial charge is 0.508 e. The van der Waals surface area contributed by atoms with Gasteiger partial charge in [0.05, 0.1) is 0 Å². The minimum Gasteiger partial charge on any atom is -0.508 e. The fourth-order valence-electron chi connectivity index (χ4n) is 2.77. The first-order valence-electron chi connectivity index (χ1n) is 7.98. The highest BCUT2D eigenvalue weighted by Crippen LogP contribution is 2.16. The van der Waals surface area contributed by atoms with Crippen molar-refractivity contribution in [2.24, 2.45) is 5.92 Å². The average Bonchev–Trinajstić information content (AvgIpc) is 2.55. The molecule has 0 radical (unpaired) electrons. The summed E-state index contributed by atoms with van der Waals surface area (Å²) in [6.07, 6.45) is 1.86. The normalized spacial score (nSPS) is 15.3. The number of hydrogen-bond donors (Lipinski definition) is 2. The number of carbonyl (C=O) groups is 2. The number of carbonyl (C=O) groups excluding carboxylic acids is 2. The minimum absolute atomic E-state index is 0.105. The summed E-state index contributed by atoms with van der Waals surface area (Å²) in [7, 11) is 1.75. The number of piperidine rings is 1. The van der Waals surface area contributed by atoms with Crippen molar-refractivity contribution in [3.05, 3.63) is 29.8 Å². The predicted molar refractivity (Wildman–Crippen MR) is 88.0 cm³/mol. The van der Waals surface area contributed by atoms with Crippen molar-refractivity contribution in [1.82, 2.24) is 15.1 Å². The maximum atomic E-state index is 12.1. The van der Waals surface area contributed by atoms with Crippen molar-refractivity contribution < 1.29 is 14.7 Å². The highest BCUT2D eigenvalue weighted by molar-refractivity contribution is 5.74. The maximum absolute atomic E-state index is 12.1. The fourth-order valence-corrected chi connectivity index (χ4v) is 2.77. The Hall–Kier alpha value is -2.24. The van der Waals surface area contributed by atoms with Crippen molar-refractivity contribution >= 4 is 11.9 Å². The van der Waals surface area contributed by atoms with Crippen LogP contribution >= 0.6 is 0 Å². The van der Waals surface area contributed by atoms with Crippen LogP contribution in [-0.2, 0) is 11.3 Å². The summed E-state index contributed by atoms with van der Waals surface area (Å²) in [5.74, 6) is 0.774. The third-order valence-electron chi connectivity index (χ3n) is 4.30. The molecule has 0 saturated carbocycles. The Balaban J connectivity index is 1.72. The van der Waals surface area contributed by atoms with E-state index < -0.39 is 0 Å². The van der Waals surface area contributed by atoms with E-state index >= 15 is 0 Å². The number of likely N-dealkylation sites (tertiary alicyclic amines) is 1. The van der Waals surface area contributed by atoms with Gasteiger partial charge in [0.2, 0.25) is 5.91 Å². The molecule has 1 aliphatic rings. The molecule has 6 heteroatoms. The Morgan fingerprint density at radius 1 is 1.26 bits per heavy atom. The molecule has 1 aliphatic heterocycles. The van der Waals surface area contributed by atoms with E-state index in [9.17, 15) is 14.7 Å². The number of aromatic hydroxyl groups is 1. The third-order valence-corrected chi connectivity index (χ3v) is 4.30. The van der Waals surface area contributed by atoms with E-state index in [2.05, 4.69) is 5.32 Å². The second-order valence-electron chi connectivity index (χ2n) is 6.16. The second kappa shape index (κ2) is 7.85. The van der Waals surface area contributed by atoms with Crippen molar-refractivity contribution in [3.63, 3.8) is 0 Å². The molecule has 6 nitrogen and oxygen atoms in total. The highest BCUT2D eigenvalue weighted by Gasteiger charge is 2.21. The van der Waals surface area contributed by atoms with Crippen molar-refractivity contribution in [3.8, 4) is 5.75 Å². The topological polar surface area (TPSA) is 72.9 Å². The first kappa shape index (κ1) is 17.1. The first-order valence-corrected chi connectivity index (χ1v) is 7.98. The lowest BCUT2D eigenvalue weighted by Crippen LogP contribution is -2.43. The van der Waals surface area contributed by atoms with Crippen LogP contribution in [-0.4, -0.2) is 53.5 Å². The Bertz CT molecular complexity index is 537. The van der Waals surface area contributed by atoms with E-state index in [1.165, 1.54) is 0 Å².